The summed E-state index contributed by atoms with van der Waals surface area (Å²) in [5, 5.41) is 0. The van der Waals surface area contributed by atoms with Gasteiger partial charge in [-0.15, -0.1) is 0 Å². The van der Waals surface area contributed by atoms with Gasteiger partial charge < -0.3 is 19.9 Å². The molecule has 4 nitrogen and oxygen atoms in total. The molecule has 2 unspecified atom stereocenters. The highest BCUT2D eigenvalue weighted by molar-refractivity contribution is 9.10. The molecule has 2 atom stereocenters. The fourth-order valence-electron chi connectivity index (χ4n) is 1.75. The average Bonchev–Trinajstić information content (AvgIpc) is 2.44. The first-order chi connectivity index (χ1) is 9.51. The Kier molecular flexibility index (Phi) is 7.34. The van der Waals surface area contributed by atoms with Crippen LogP contribution in [0.25, 0.3) is 0 Å². The van der Waals surface area contributed by atoms with E-state index in [2.05, 4.69) is 22.9 Å². The van der Waals surface area contributed by atoms with Crippen molar-refractivity contribution in [1.29, 1.82) is 0 Å². The molecule has 0 saturated carbocycles. The maximum atomic E-state index is 6.00. The van der Waals surface area contributed by atoms with E-state index in [0.29, 0.717) is 18.1 Å². The lowest BCUT2D eigenvalue weighted by atomic mass is 10.0. The molecule has 0 amide bonds. The maximum Gasteiger partial charge on any atom is 0.175 e. The highest BCUT2D eigenvalue weighted by Crippen LogP contribution is 2.37. The second-order valence-corrected chi connectivity index (χ2v) is 5.69. The van der Waals surface area contributed by atoms with Crippen LogP contribution in [0.1, 0.15) is 25.8 Å². The predicted molar refractivity (Wildman–Crippen MR) is 84.6 cm³/mol. The Hall–Kier alpha value is -0.780. The van der Waals surface area contributed by atoms with E-state index in [1.807, 2.05) is 19.1 Å². The minimum Gasteiger partial charge on any atom is -0.493 e. The molecular weight excluding hydrogens is 322 g/mol. The van der Waals surface area contributed by atoms with Crippen LogP contribution in [0.5, 0.6) is 11.5 Å². The van der Waals surface area contributed by atoms with Crippen molar-refractivity contribution < 1.29 is 14.2 Å². The van der Waals surface area contributed by atoms with Crippen molar-refractivity contribution in [3.63, 3.8) is 0 Å². The third-order valence-electron chi connectivity index (χ3n) is 3.18. The van der Waals surface area contributed by atoms with Crippen molar-refractivity contribution in [2.75, 3.05) is 20.8 Å². The largest absolute Gasteiger partial charge is 0.493 e. The molecule has 5 heteroatoms. The van der Waals surface area contributed by atoms with Crippen LogP contribution in [0, 0.1) is 0 Å². The van der Waals surface area contributed by atoms with Gasteiger partial charge >= 0.3 is 0 Å². The fraction of sp³-hybridized carbons (Fsp3) is 0.600. The zero-order valence-electron chi connectivity index (χ0n) is 12.6. The Labute approximate surface area is 129 Å². The van der Waals surface area contributed by atoms with Crippen molar-refractivity contribution in [1.82, 2.24) is 0 Å². The van der Waals surface area contributed by atoms with Gasteiger partial charge in [0, 0.05) is 13.2 Å². The number of nitrogens with two attached hydrogens (primary N) is 1. The van der Waals surface area contributed by atoms with Gasteiger partial charge in [0.15, 0.2) is 11.5 Å². The molecule has 114 valence electrons. The molecular formula is C15H24BrNO3. The molecule has 0 saturated heterocycles. The third-order valence-corrected chi connectivity index (χ3v) is 3.77. The van der Waals surface area contributed by atoms with Crippen LogP contribution < -0.4 is 15.2 Å². The molecule has 0 radical (unpaired) electrons. The van der Waals surface area contributed by atoms with Crippen LogP contribution in [-0.4, -0.2) is 33.0 Å². The molecule has 1 aromatic rings. The van der Waals surface area contributed by atoms with Crippen LogP contribution in [0.15, 0.2) is 16.6 Å². The van der Waals surface area contributed by atoms with Gasteiger partial charge in [0.2, 0.25) is 0 Å². The summed E-state index contributed by atoms with van der Waals surface area (Å²) < 4.78 is 17.2. The number of halogens is 1. The maximum absolute atomic E-state index is 6.00. The van der Waals surface area contributed by atoms with Gasteiger partial charge in [-0.3, -0.25) is 0 Å². The summed E-state index contributed by atoms with van der Waals surface area (Å²) in [6, 6.07) is 4.17. The lowest BCUT2D eigenvalue weighted by molar-refractivity contribution is 0.0703. The summed E-state index contributed by atoms with van der Waals surface area (Å²) in [6.07, 6.45) is 1.80. The first-order valence-corrected chi connectivity index (χ1v) is 7.58. The second-order valence-electron chi connectivity index (χ2n) is 4.84. The number of hydrogen-bond donors (Lipinski definition) is 1. The summed E-state index contributed by atoms with van der Waals surface area (Å²) in [5.41, 5.74) is 7.13. The zero-order valence-corrected chi connectivity index (χ0v) is 14.2. The lowest BCUT2D eigenvalue weighted by Gasteiger charge is -2.17. The van der Waals surface area contributed by atoms with Gasteiger partial charge in [0.1, 0.15) is 6.61 Å². The van der Waals surface area contributed by atoms with Gasteiger partial charge in [-0.2, -0.15) is 0 Å². The first-order valence-electron chi connectivity index (χ1n) is 6.79. The van der Waals surface area contributed by atoms with E-state index in [1.54, 1.807) is 14.2 Å². The minimum absolute atomic E-state index is 0.0276. The van der Waals surface area contributed by atoms with Crippen LogP contribution in [0.4, 0.5) is 0 Å². The van der Waals surface area contributed by atoms with Crippen molar-refractivity contribution in [3.8, 4) is 11.5 Å². The molecule has 20 heavy (non-hydrogen) atoms. The fourth-order valence-corrected chi connectivity index (χ4v) is 2.35. The molecule has 0 aliphatic carbocycles. The quantitative estimate of drug-likeness (QED) is 0.786. The van der Waals surface area contributed by atoms with E-state index in [1.165, 1.54) is 0 Å². The molecule has 0 aromatic heterocycles. The van der Waals surface area contributed by atoms with E-state index >= 15 is 0 Å². The number of hydrogen-bond acceptors (Lipinski definition) is 4. The van der Waals surface area contributed by atoms with Gasteiger partial charge in [-0.05, 0) is 53.4 Å². The smallest absolute Gasteiger partial charge is 0.175 e. The Morgan fingerprint density at radius 3 is 2.55 bits per heavy atom. The van der Waals surface area contributed by atoms with Gasteiger partial charge in [-0.25, -0.2) is 0 Å². The van der Waals surface area contributed by atoms with Gasteiger partial charge in [0.25, 0.3) is 0 Å². The summed E-state index contributed by atoms with van der Waals surface area (Å²) in [5.74, 6) is 1.41. The molecule has 0 spiro atoms. The van der Waals surface area contributed by atoms with Crippen molar-refractivity contribution >= 4 is 15.9 Å². The standard InChI is InChI=1S/C15H24BrNO3/c1-5-12(17)6-11-7-13(16)15(14(8-11)19-4)20-9-10(2)18-3/h7-8,10,12H,5-6,9,17H2,1-4H3. The van der Waals surface area contributed by atoms with Crippen molar-refractivity contribution in [3.05, 3.63) is 22.2 Å². The Morgan fingerprint density at radius 2 is 2.00 bits per heavy atom. The predicted octanol–water partition coefficient (Wildman–Crippen LogP) is 3.15. The van der Waals surface area contributed by atoms with Crippen LogP contribution >= 0.6 is 15.9 Å². The molecule has 2 N–H and O–H groups in total. The summed E-state index contributed by atoms with van der Waals surface area (Å²) in [4.78, 5) is 0. The zero-order chi connectivity index (χ0) is 15.1. The number of ether oxygens (including phenoxy) is 3. The average molecular weight is 346 g/mol. The van der Waals surface area contributed by atoms with Crippen LogP contribution in [0.3, 0.4) is 0 Å². The molecule has 0 bridgehead atoms. The van der Waals surface area contributed by atoms with E-state index in [-0.39, 0.29) is 12.1 Å². The topological polar surface area (TPSA) is 53.7 Å². The SMILES string of the molecule is CCC(N)Cc1cc(Br)c(OCC(C)OC)c(OC)c1. The highest BCUT2D eigenvalue weighted by atomic mass is 79.9. The monoisotopic (exact) mass is 345 g/mol. The molecule has 0 aliphatic heterocycles. The Balaban J connectivity index is 2.90. The minimum atomic E-state index is 0.0276. The summed E-state index contributed by atoms with van der Waals surface area (Å²) >= 11 is 3.54. The molecule has 0 aliphatic rings. The lowest BCUT2D eigenvalue weighted by Crippen LogP contribution is -2.21. The number of methoxy groups -OCH3 is 2. The van der Waals surface area contributed by atoms with Crippen molar-refractivity contribution in [2.24, 2.45) is 5.73 Å². The van der Waals surface area contributed by atoms with E-state index < -0.39 is 0 Å². The normalized spacial score (nSPS) is 13.9. The first kappa shape index (κ1) is 17.3. The molecule has 1 rings (SSSR count). The molecule has 1 aromatic carbocycles. The van der Waals surface area contributed by atoms with Crippen LogP contribution in [0.2, 0.25) is 0 Å². The van der Waals surface area contributed by atoms with Gasteiger partial charge in [-0.1, -0.05) is 6.92 Å². The van der Waals surface area contributed by atoms with E-state index in [4.69, 9.17) is 19.9 Å². The Bertz CT molecular complexity index is 426. The summed E-state index contributed by atoms with van der Waals surface area (Å²) in [6.45, 7) is 4.51. The Morgan fingerprint density at radius 1 is 1.30 bits per heavy atom. The molecule has 0 fully saturated rings. The van der Waals surface area contributed by atoms with Crippen molar-refractivity contribution in [2.45, 2.75) is 38.8 Å². The van der Waals surface area contributed by atoms with Crippen LogP contribution in [-0.2, 0) is 11.2 Å². The molecule has 0 heterocycles. The highest BCUT2D eigenvalue weighted by Gasteiger charge is 2.14. The van der Waals surface area contributed by atoms with Gasteiger partial charge in [0.05, 0.1) is 17.7 Å². The van der Waals surface area contributed by atoms with E-state index in [0.717, 1.165) is 22.9 Å². The van der Waals surface area contributed by atoms with E-state index in [9.17, 15) is 0 Å². The third kappa shape index (κ3) is 4.96. The second kappa shape index (κ2) is 8.49. The number of rotatable bonds is 8. The number of benzene rings is 1. The summed E-state index contributed by atoms with van der Waals surface area (Å²) in [7, 11) is 3.30.